The Kier molecular flexibility index (Phi) is 4.86. The Labute approximate surface area is 155 Å². The van der Waals surface area contributed by atoms with Crippen LogP contribution in [0.2, 0.25) is 0 Å². The molecule has 3 aromatic rings. The predicted molar refractivity (Wildman–Crippen MR) is 106 cm³/mol. The molecule has 4 nitrogen and oxygen atoms in total. The third-order valence-electron chi connectivity index (χ3n) is 4.52. The fourth-order valence-corrected chi connectivity index (χ4v) is 4.03. The van der Waals surface area contributed by atoms with E-state index in [2.05, 4.69) is 23.2 Å². The zero-order chi connectivity index (χ0) is 17.9. The molecule has 132 valence electrons. The van der Waals surface area contributed by atoms with Crippen LogP contribution in [0, 0.1) is 5.82 Å². The summed E-state index contributed by atoms with van der Waals surface area (Å²) >= 11 is 1.71. The zero-order valence-corrected chi connectivity index (χ0v) is 15.0. The number of halogens is 1. The summed E-state index contributed by atoms with van der Waals surface area (Å²) in [5, 5.41) is 10.1. The molecule has 0 saturated heterocycles. The van der Waals surface area contributed by atoms with Gasteiger partial charge in [0.05, 0.1) is 11.9 Å². The van der Waals surface area contributed by atoms with Crippen LogP contribution in [-0.2, 0) is 6.42 Å². The summed E-state index contributed by atoms with van der Waals surface area (Å²) in [6.07, 6.45) is 4.41. The van der Waals surface area contributed by atoms with Crippen LogP contribution < -0.4 is 5.73 Å². The number of benzene rings is 2. The van der Waals surface area contributed by atoms with Crippen LogP contribution in [0.3, 0.4) is 0 Å². The van der Waals surface area contributed by atoms with Gasteiger partial charge in [-0.15, -0.1) is 0 Å². The average Bonchev–Trinajstić information content (AvgIpc) is 3.17. The van der Waals surface area contributed by atoms with E-state index in [-0.39, 0.29) is 11.9 Å². The molecule has 4 rings (SSSR count). The summed E-state index contributed by atoms with van der Waals surface area (Å²) in [4.78, 5) is 4.15. The molecule has 0 radical (unpaired) electrons. The Morgan fingerprint density at radius 3 is 2.77 bits per heavy atom. The maximum absolute atomic E-state index is 13.1. The van der Waals surface area contributed by atoms with Gasteiger partial charge < -0.3 is 5.73 Å². The first-order chi connectivity index (χ1) is 12.7. The lowest BCUT2D eigenvalue weighted by Gasteiger charge is -2.24. The van der Waals surface area contributed by atoms with Gasteiger partial charge in [-0.1, -0.05) is 36.0 Å². The molecule has 0 amide bonds. The maximum Gasteiger partial charge on any atom is 0.125 e. The van der Waals surface area contributed by atoms with Crippen molar-refractivity contribution in [3.8, 4) is 0 Å². The number of hydrogen-bond donors (Lipinski definition) is 1. The van der Waals surface area contributed by atoms with Crippen LogP contribution in [-0.4, -0.2) is 33.5 Å². The van der Waals surface area contributed by atoms with E-state index in [1.54, 1.807) is 18.0 Å². The highest BCUT2D eigenvalue weighted by atomic mass is 32.2. The Morgan fingerprint density at radius 2 is 1.96 bits per heavy atom. The molecule has 0 unspecified atom stereocenters. The number of hydrogen-bond acceptors (Lipinski definition) is 5. The van der Waals surface area contributed by atoms with Crippen molar-refractivity contribution in [1.82, 2.24) is 9.99 Å². The lowest BCUT2D eigenvalue weighted by atomic mass is 10.1. The van der Waals surface area contributed by atoms with Crippen LogP contribution in [0.15, 0.2) is 66.0 Å². The van der Waals surface area contributed by atoms with Gasteiger partial charge in [0, 0.05) is 29.9 Å². The first-order valence-corrected chi connectivity index (χ1v) is 9.48. The number of aromatic nitrogens is 1. The quantitative estimate of drug-likeness (QED) is 0.749. The largest absolute Gasteiger partial charge is 0.328 e. The van der Waals surface area contributed by atoms with Crippen molar-refractivity contribution < 1.29 is 4.39 Å². The third-order valence-corrected chi connectivity index (χ3v) is 5.50. The second-order valence-corrected chi connectivity index (χ2v) is 7.21. The molecule has 0 spiro atoms. The summed E-state index contributed by atoms with van der Waals surface area (Å²) in [7, 11) is 0. The van der Waals surface area contributed by atoms with Gasteiger partial charge in [-0.05, 0) is 41.6 Å². The van der Waals surface area contributed by atoms with E-state index in [1.165, 1.54) is 12.1 Å². The predicted octanol–water partition coefficient (Wildman–Crippen LogP) is 3.61. The minimum Gasteiger partial charge on any atom is -0.328 e. The molecule has 0 aliphatic carbocycles. The summed E-state index contributed by atoms with van der Waals surface area (Å²) in [5.41, 5.74) is 8.16. The van der Waals surface area contributed by atoms with E-state index in [1.807, 2.05) is 29.4 Å². The highest BCUT2D eigenvalue weighted by Gasteiger charge is 2.23. The van der Waals surface area contributed by atoms with E-state index in [9.17, 15) is 4.39 Å². The fraction of sp³-hybridized carbons (Fsp3) is 0.200. The van der Waals surface area contributed by atoms with Gasteiger partial charge in [0.2, 0.25) is 0 Å². The summed E-state index contributed by atoms with van der Waals surface area (Å²) < 4.78 is 13.1. The molecule has 2 N–H and O–H groups in total. The average molecular weight is 366 g/mol. The third kappa shape index (κ3) is 3.57. The van der Waals surface area contributed by atoms with E-state index >= 15 is 0 Å². The Balaban J connectivity index is 1.54. The molecule has 2 aromatic carbocycles. The van der Waals surface area contributed by atoms with E-state index in [0.29, 0.717) is 6.54 Å². The second-order valence-electron chi connectivity index (χ2n) is 6.28. The molecule has 0 bridgehead atoms. The number of thioether (sulfide) groups is 1. The monoisotopic (exact) mass is 366 g/mol. The van der Waals surface area contributed by atoms with Crippen LogP contribution in [0.25, 0.3) is 10.8 Å². The number of nitrogens with zero attached hydrogens (tertiary/aromatic N) is 3. The van der Waals surface area contributed by atoms with Crippen molar-refractivity contribution in [2.75, 3.05) is 12.4 Å². The van der Waals surface area contributed by atoms with Crippen LogP contribution in [0.4, 0.5) is 4.39 Å². The molecule has 0 fully saturated rings. The van der Waals surface area contributed by atoms with Crippen LogP contribution >= 0.6 is 11.8 Å². The van der Waals surface area contributed by atoms with Crippen molar-refractivity contribution in [2.24, 2.45) is 10.8 Å². The normalized spacial score (nSPS) is 15.3. The molecule has 1 aliphatic heterocycles. The van der Waals surface area contributed by atoms with Crippen molar-refractivity contribution in [3.63, 3.8) is 0 Å². The highest BCUT2D eigenvalue weighted by Crippen LogP contribution is 2.27. The van der Waals surface area contributed by atoms with Gasteiger partial charge in [0.1, 0.15) is 10.9 Å². The Morgan fingerprint density at radius 1 is 1.12 bits per heavy atom. The molecule has 1 aromatic heterocycles. The summed E-state index contributed by atoms with van der Waals surface area (Å²) in [6, 6.07) is 15.0. The highest BCUT2D eigenvalue weighted by molar-refractivity contribution is 8.14. The van der Waals surface area contributed by atoms with Gasteiger partial charge in [0.15, 0.2) is 0 Å². The molecular formula is C20H19FN4S. The molecular weight excluding hydrogens is 347 g/mol. The zero-order valence-electron chi connectivity index (χ0n) is 14.2. The molecule has 6 heteroatoms. The molecule has 2 heterocycles. The smallest absolute Gasteiger partial charge is 0.125 e. The first-order valence-electron chi connectivity index (χ1n) is 8.49. The number of pyridine rings is 1. The van der Waals surface area contributed by atoms with Gasteiger partial charge in [0.25, 0.3) is 0 Å². The summed E-state index contributed by atoms with van der Waals surface area (Å²) in [6.45, 7) is 0.498. The molecule has 1 aliphatic rings. The Hall–Kier alpha value is -2.44. The Bertz CT molecular complexity index is 942. The van der Waals surface area contributed by atoms with E-state index in [0.717, 1.165) is 39.2 Å². The fourth-order valence-electron chi connectivity index (χ4n) is 3.05. The van der Waals surface area contributed by atoms with Gasteiger partial charge in [-0.2, -0.15) is 5.10 Å². The molecule has 1 atom stereocenters. The van der Waals surface area contributed by atoms with E-state index in [4.69, 9.17) is 10.8 Å². The van der Waals surface area contributed by atoms with Crippen molar-refractivity contribution in [2.45, 2.75) is 12.5 Å². The van der Waals surface area contributed by atoms with E-state index < -0.39 is 0 Å². The summed E-state index contributed by atoms with van der Waals surface area (Å²) in [5.74, 6) is 0.550. The number of fused-ring (bicyclic) bond motifs is 1. The molecule has 0 saturated carbocycles. The number of rotatable bonds is 5. The second kappa shape index (κ2) is 7.43. The van der Waals surface area contributed by atoms with Crippen molar-refractivity contribution >= 4 is 27.6 Å². The van der Waals surface area contributed by atoms with Gasteiger partial charge >= 0.3 is 0 Å². The van der Waals surface area contributed by atoms with Crippen LogP contribution in [0.1, 0.15) is 11.1 Å². The minimum absolute atomic E-state index is 0.0927. The minimum atomic E-state index is -0.221. The van der Waals surface area contributed by atoms with Gasteiger partial charge in [-0.25, -0.2) is 4.39 Å². The molecule has 26 heavy (non-hydrogen) atoms. The van der Waals surface area contributed by atoms with Crippen molar-refractivity contribution in [1.29, 1.82) is 0 Å². The number of nitrogens with two attached hydrogens (primary N) is 1. The topological polar surface area (TPSA) is 54.5 Å². The first kappa shape index (κ1) is 17.0. The number of hydrazone groups is 1. The maximum atomic E-state index is 13.1. The van der Waals surface area contributed by atoms with Crippen molar-refractivity contribution in [3.05, 3.63) is 77.9 Å². The SMILES string of the molecule is NC[C@H](Cc1ccc(F)cc1)N1CSC(c2ccc3cnccc3c2)=N1. The standard InChI is InChI=1S/C20H19FN4S/c21-18-5-1-14(2-6-18)9-19(11-22)25-13-26-20(24-25)16-3-4-17-12-23-8-7-15(17)10-16/h1-8,10,12,19H,9,11,13,22H2/t19-/m0/s1. The van der Waals surface area contributed by atoms with Crippen LogP contribution in [0.5, 0.6) is 0 Å². The lowest BCUT2D eigenvalue weighted by Crippen LogP contribution is -2.37. The lowest BCUT2D eigenvalue weighted by molar-refractivity contribution is 0.251. The van der Waals surface area contributed by atoms with Gasteiger partial charge in [-0.3, -0.25) is 9.99 Å².